The van der Waals surface area contributed by atoms with Crippen LogP contribution in [-0.2, 0) is 14.8 Å². The van der Waals surface area contributed by atoms with E-state index < -0.39 is 27.3 Å². The second kappa shape index (κ2) is 5.40. The Balaban J connectivity index is 2.27. The summed E-state index contributed by atoms with van der Waals surface area (Å²) in [5.41, 5.74) is -0.851. The minimum Gasteiger partial charge on any atom is -0.481 e. The number of nitrogens with one attached hydrogen (secondary N) is 1. The van der Waals surface area contributed by atoms with Crippen molar-refractivity contribution in [3.8, 4) is 0 Å². The van der Waals surface area contributed by atoms with E-state index in [2.05, 4.69) is 4.72 Å². The molecule has 1 unspecified atom stereocenters. The third-order valence-electron chi connectivity index (χ3n) is 3.94. The lowest BCUT2D eigenvalue weighted by Gasteiger charge is -2.19. The molecule has 9 heteroatoms. The van der Waals surface area contributed by atoms with E-state index in [-0.39, 0.29) is 23.0 Å². The fourth-order valence-electron chi connectivity index (χ4n) is 2.38. The van der Waals surface area contributed by atoms with Crippen molar-refractivity contribution in [3.63, 3.8) is 0 Å². The molecule has 0 radical (unpaired) electrons. The number of furan rings is 1. The maximum atomic E-state index is 12.5. The number of hydrogen-bond donors (Lipinski definition) is 2. The summed E-state index contributed by atoms with van der Waals surface area (Å²) in [6.45, 7) is 3.47. The highest BCUT2D eigenvalue weighted by molar-refractivity contribution is 7.89. The molecule has 2 N–H and O–H groups in total. The number of sulfonamides is 1. The summed E-state index contributed by atoms with van der Waals surface area (Å²) in [5, 5.41) is 8.86. The SMILES string of the molecule is CNS(=O)(=O)c1cc(C(=O)N2CCC(C)(C(=O)O)C2)c(C)o1. The van der Waals surface area contributed by atoms with E-state index in [0.29, 0.717) is 13.0 Å². The van der Waals surface area contributed by atoms with Crippen LogP contribution in [-0.4, -0.2) is 50.4 Å². The fraction of sp³-hybridized carbons (Fsp3) is 0.538. The lowest BCUT2D eigenvalue weighted by atomic mass is 9.90. The van der Waals surface area contributed by atoms with Crippen LogP contribution in [0.25, 0.3) is 0 Å². The predicted octanol–water partition coefficient (Wildman–Crippen LogP) is 0.433. The summed E-state index contributed by atoms with van der Waals surface area (Å²) in [4.78, 5) is 25.1. The van der Waals surface area contributed by atoms with E-state index in [9.17, 15) is 23.1 Å². The molecule has 122 valence electrons. The summed E-state index contributed by atoms with van der Waals surface area (Å²) in [7, 11) is -2.53. The van der Waals surface area contributed by atoms with Gasteiger partial charge >= 0.3 is 5.97 Å². The van der Waals surface area contributed by atoms with Crippen LogP contribution in [0.4, 0.5) is 0 Å². The van der Waals surface area contributed by atoms with Crippen LogP contribution < -0.4 is 4.72 Å². The van der Waals surface area contributed by atoms with Gasteiger partial charge in [-0.15, -0.1) is 0 Å². The second-order valence-corrected chi connectivity index (χ2v) is 7.40. The van der Waals surface area contributed by atoms with Gasteiger partial charge in [-0.3, -0.25) is 9.59 Å². The quantitative estimate of drug-likeness (QED) is 0.827. The molecule has 1 aliphatic rings. The number of rotatable bonds is 4. The summed E-state index contributed by atoms with van der Waals surface area (Å²) >= 11 is 0. The number of amides is 1. The van der Waals surface area contributed by atoms with E-state index in [1.54, 1.807) is 6.92 Å². The minimum absolute atomic E-state index is 0.0832. The number of carboxylic acids is 1. The predicted molar refractivity (Wildman–Crippen MR) is 76.0 cm³/mol. The van der Waals surface area contributed by atoms with Crippen LogP contribution in [0.15, 0.2) is 15.6 Å². The van der Waals surface area contributed by atoms with Crippen LogP contribution in [0.2, 0.25) is 0 Å². The highest BCUT2D eigenvalue weighted by Gasteiger charge is 2.42. The third-order valence-corrected chi connectivity index (χ3v) is 5.20. The fourth-order valence-corrected chi connectivity index (χ4v) is 3.09. The monoisotopic (exact) mass is 330 g/mol. The van der Waals surface area contributed by atoms with E-state index in [0.717, 1.165) is 0 Å². The molecule has 1 saturated heterocycles. The molecule has 0 aromatic carbocycles. The Morgan fingerprint density at radius 2 is 2.09 bits per heavy atom. The number of nitrogens with zero attached hydrogens (tertiary/aromatic N) is 1. The zero-order valence-electron chi connectivity index (χ0n) is 12.5. The van der Waals surface area contributed by atoms with Crippen molar-refractivity contribution in [2.45, 2.75) is 25.4 Å². The number of aliphatic carboxylic acids is 1. The molecule has 1 aromatic heterocycles. The third kappa shape index (κ3) is 2.73. The van der Waals surface area contributed by atoms with Gasteiger partial charge in [-0.2, -0.15) is 0 Å². The van der Waals surface area contributed by atoms with Gasteiger partial charge in [0.25, 0.3) is 15.9 Å². The van der Waals surface area contributed by atoms with Crippen LogP contribution in [0.1, 0.15) is 29.5 Å². The molecule has 1 amide bonds. The number of carbonyl (C=O) groups excluding carboxylic acids is 1. The van der Waals surface area contributed by atoms with Gasteiger partial charge in [0.1, 0.15) is 5.76 Å². The molecule has 0 spiro atoms. The van der Waals surface area contributed by atoms with Gasteiger partial charge in [0.15, 0.2) is 0 Å². The number of aryl methyl sites for hydroxylation is 1. The van der Waals surface area contributed by atoms with Crippen molar-refractivity contribution in [2.75, 3.05) is 20.1 Å². The molecule has 0 aliphatic carbocycles. The average molecular weight is 330 g/mol. The highest BCUT2D eigenvalue weighted by Crippen LogP contribution is 2.32. The van der Waals surface area contributed by atoms with Gasteiger partial charge in [-0.05, 0) is 27.3 Å². The zero-order chi connectivity index (χ0) is 16.7. The van der Waals surface area contributed by atoms with Crippen molar-refractivity contribution in [1.29, 1.82) is 0 Å². The Labute approximate surface area is 128 Å². The van der Waals surface area contributed by atoms with Crippen LogP contribution in [0.3, 0.4) is 0 Å². The molecule has 1 atom stereocenters. The molecule has 1 fully saturated rings. The lowest BCUT2D eigenvalue weighted by Crippen LogP contribution is -2.35. The van der Waals surface area contributed by atoms with Crippen LogP contribution in [0.5, 0.6) is 0 Å². The molecule has 2 heterocycles. The molecule has 8 nitrogen and oxygen atoms in total. The van der Waals surface area contributed by atoms with Gasteiger partial charge in [-0.25, -0.2) is 13.1 Å². The molecule has 2 rings (SSSR count). The van der Waals surface area contributed by atoms with Gasteiger partial charge in [-0.1, -0.05) is 0 Å². The molecule has 1 aromatic rings. The zero-order valence-corrected chi connectivity index (χ0v) is 13.4. The van der Waals surface area contributed by atoms with E-state index in [1.807, 2.05) is 0 Å². The minimum atomic E-state index is -3.77. The summed E-state index contributed by atoms with van der Waals surface area (Å²) in [5.74, 6) is -1.20. The summed E-state index contributed by atoms with van der Waals surface area (Å²) in [6.07, 6.45) is 0.354. The Hall–Kier alpha value is -1.87. The Bertz CT molecular complexity index is 723. The second-order valence-electron chi connectivity index (χ2n) is 5.59. The van der Waals surface area contributed by atoms with Gasteiger partial charge in [0.05, 0.1) is 11.0 Å². The van der Waals surface area contributed by atoms with Crippen LogP contribution >= 0.6 is 0 Å². The number of likely N-dealkylation sites (tertiary alicyclic amines) is 1. The van der Waals surface area contributed by atoms with Crippen LogP contribution in [0, 0.1) is 12.3 Å². The normalized spacial score (nSPS) is 22.0. The first-order valence-electron chi connectivity index (χ1n) is 6.67. The van der Waals surface area contributed by atoms with Crippen molar-refractivity contribution in [1.82, 2.24) is 9.62 Å². The van der Waals surface area contributed by atoms with E-state index >= 15 is 0 Å². The van der Waals surface area contributed by atoms with E-state index in [4.69, 9.17) is 4.42 Å². The van der Waals surface area contributed by atoms with Gasteiger partial charge < -0.3 is 14.4 Å². The Kier molecular flexibility index (Phi) is 4.05. The van der Waals surface area contributed by atoms with E-state index in [1.165, 1.54) is 24.9 Å². The summed E-state index contributed by atoms with van der Waals surface area (Å²) in [6, 6.07) is 1.17. The smallest absolute Gasteiger partial charge is 0.311 e. The Morgan fingerprint density at radius 3 is 2.59 bits per heavy atom. The number of carbonyl (C=O) groups is 2. The topological polar surface area (TPSA) is 117 Å². The molecular formula is C13H18N2O6S. The number of hydrogen-bond acceptors (Lipinski definition) is 5. The molecule has 0 bridgehead atoms. The highest BCUT2D eigenvalue weighted by atomic mass is 32.2. The summed E-state index contributed by atoms with van der Waals surface area (Å²) < 4.78 is 30.6. The first-order valence-corrected chi connectivity index (χ1v) is 8.16. The van der Waals surface area contributed by atoms with Crippen molar-refractivity contribution in [3.05, 3.63) is 17.4 Å². The number of carboxylic acid groups (broad SMARTS) is 1. The van der Waals surface area contributed by atoms with Crippen molar-refractivity contribution in [2.24, 2.45) is 5.41 Å². The average Bonchev–Trinajstić information content (AvgIpc) is 3.03. The maximum Gasteiger partial charge on any atom is 0.311 e. The van der Waals surface area contributed by atoms with Crippen molar-refractivity contribution >= 4 is 21.9 Å². The maximum absolute atomic E-state index is 12.5. The Morgan fingerprint density at radius 1 is 1.45 bits per heavy atom. The van der Waals surface area contributed by atoms with Crippen molar-refractivity contribution < 1.29 is 27.5 Å². The lowest BCUT2D eigenvalue weighted by molar-refractivity contribution is -0.147. The largest absolute Gasteiger partial charge is 0.481 e. The first kappa shape index (κ1) is 16.5. The molecule has 1 aliphatic heterocycles. The standard InChI is InChI=1S/C13H18N2O6S/c1-8-9(6-10(21-8)22(19,20)14-3)11(16)15-5-4-13(2,7-15)12(17)18/h6,14H,4-5,7H2,1-3H3,(H,17,18). The van der Waals surface area contributed by atoms with Gasteiger partial charge in [0, 0.05) is 19.2 Å². The molecular weight excluding hydrogens is 312 g/mol. The van der Waals surface area contributed by atoms with Gasteiger partial charge in [0.2, 0.25) is 5.09 Å². The molecule has 22 heavy (non-hydrogen) atoms. The first-order chi connectivity index (χ1) is 10.1. The molecule has 0 saturated carbocycles.